The summed E-state index contributed by atoms with van der Waals surface area (Å²) in [5, 5.41) is 10.9. The molecule has 0 N–H and O–H groups in total. The summed E-state index contributed by atoms with van der Waals surface area (Å²) in [7, 11) is 0. The number of carbonyl (C=O) groups excluding carboxylic acids is 1. The zero-order valence-corrected chi connectivity index (χ0v) is 12.5. The Kier molecular flexibility index (Phi) is 3.71. The first-order valence-electron chi connectivity index (χ1n) is 6.47. The summed E-state index contributed by atoms with van der Waals surface area (Å²) in [5.41, 5.74) is 0.0439. The van der Waals surface area contributed by atoms with E-state index in [-0.39, 0.29) is 27.9 Å². The van der Waals surface area contributed by atoms with Gasteiger partial charge in [-0.25, -0.2) is 9.79 Å². The maximum atomic E-state index is 11.8. The standard InChI is InChI=1S/C15H9ClN2O5/c1-8-2-4-10(22-8)7-12-15(19)23-14(17-12)9-3-5-11(16)13(6-9)18(20)21/h2-7H,1H3/b12-7-. The monoisotopic (exact) mass is 332 g/mol. The van der Waals surface area contributed by atoms with Gasteiger partial charge in [-0.3, -0.25) is 10.1 Å². The van der Waals surface area contributed by atoms with Crippen molar-refractivity contribution in [1.82, 2.24) is 0 Å². The lowest BCUT2D eigenvalue weighted by atomic mass is 10.2. The Hall–Kier alpha value is -2.93. The number of hydrogen-bond donors (Lipinski definition) is 0. The Morgan fingerprint density at radius 1 is 1.30 bits per heavy atom. The highest BCUT2D eigenvalue weighted by Crippen LogP contribution is 2.27. The van der Waals surface area contributed by atoms with Crippen LogP contribution in [0.15, 0.2) is 45.4 Å². The lowest BCUT2D eigenvalue weighted by Gasteiger charge is -2.00. The van der Waals surface area contributed by atoms with Crippen LogP contribution in [-0.4, -0.2) is 16.8 Å². The molecular formula is C15H9ClN2O5. The van der Waals surface area contributed by atoms with Gasteiger partial charge in [-0.15, -0.1) is 0 Å². The number of hydrogen-bond acceptors (Lipinski definition) is 6. The topological polar surface area (TPSA) is 94.9 Å². The second-order valence-electron chi connectivity index (χ2n) is 4.71. The van der Waals surface area contributed by atoms with Crippen LogP contribution in [0.1, 0.15) is 17.1 Å². The van der Waals surface area contributed by atoms with E-state index < -0.39 is 10.9 Å². The summed E-state index contributed by atoms with van der Waals surface area (Å²) >= 11 is 5.75. The van der Waals surface area contributed by atoms with Crippen molar-refractivity contribution < 1.29 is 18.9 Å². The molecule has 0 atom stereocenters. The number of halogens is 1. The number of benzene rings is 1. The first-order valence-corrected chi connectivity index (χ1v) is 6.85. The average Bonchev–Trinajstić information content (AvgIpc) is 3.06. The normalized spacial score (nSPS) is 15.7. The zero-order valence-electron chi connectivity index (χ0n) is 11.8. The average molecular weight is 333 g/mol. The molecule has 8 heteroatoms. The van der Waals surface area contributed by atoms with Crippen molar-refractivity contribution in [3.63, 3.8) is 0 Å². The van der Waals surface area contributed by atoms with E-state index in [1.165, 1.54) is 24.3 Å². The minimum absolute atomic E-state index is 0.00880. The second-order valence-corrected chi connectivity index (χ2v) is 5.11. The molecule has 2 heterocycles. The molecule has 23 heavy (non-hydrogen) atoms. The lowest BCUT2D eigenvalue weighted by Crippen LogP contribution is -2.06. The van der Waals surface area contributed by atoms with Crippen molar-refractivity contribution in [1.29, 1.82) is 0 Å². The molecule has 0 unspecified atom stereocenters. The molecule has 1 aromatic carbocycles. The number of furan rings is 1. The number of cyclic esters (lactones) is 1. The van der Waals surface area contributed by atoms with Gasteiger partial charge in [0.2, 0.25) is 5.90 Å². The Morgan fingerprint density at radius 2 is 2.09 bits per heavy atom. The predicted molar refractivity (Wildman–Crippen MR) is 82.2 cm³/mol. The number of rotatable bonds is 3. The Bertz CT molecular complexity index is 882. The fraction of sp³-hybridized carbons (Fsp3) is 0.0667. The number of carbonyl (C=O) groups is 1. The summed E-state index contributed by atoms with van der Waals surface area (Å²) in [6.45, 7) is 1.77. The van der Waals surface area contributed by atoms with Crippen LogP contribution in [0.2, 0.25) is 5.02 Å². The molecule has 0 saturated carbocycles. The number of esters is 1. The predicted octanol–water partition coefficient (Wildman–Crippen LogP) is 3.49. The maximum Gasteiger partial charge on any atom is 0.363 e. The Morgan fingerprint density at radius 3 is 2.74 bits per heavy atom. The number of aliphatic imine (C=N–C) groups is 1. The Labute approximate surface area is 135 Å². The van der Waals surface area contributed by atoms with Gasteiger partial charge in [0.05, 0.1) is 4.92 Å². The van der Waals surface area contributed by atoms with E-state index in [1.807, 2.05) is 0 Å². The third-order valence-electron chi connectivity index (χ3n) is 3.05. The number of nitro benzene ring substituents is 1. The molecule has 0 radical (unpaired) electrons. The van der Waals surface area contributed by atoms with Crippen LogP contribution < -0.4 is 0 Å². The van der Waals surface area contributed by atoms with Crippen molar-refractivity contribution in [3.8, 4) is 0 Å². The fourth-order valence-corrected chi connectivity index (χ4v) is 2.17. The number of aryl methyl sites for hydroxylation is 1. The van der Waals surface area contributed by atoms with Gasteiger partial charge in [-0.05, 0) is 31.2 Å². The van der Waals surface area contributed by atoms with Crippen LogP contribution >= 0.6 is 11.6 Å². The molecule has 2 aromatic rings. The van der Waals surface area contributed by atoms with Crippen LogP contribution in [-0.2, 0) is 9.53 Å². The lowest BCUT2D eigenvalue weighted by molar-refractivity contribution is -0.384. The molecule has 0 aliphatic carbocycles. The largest absolute Gasteiger partial charge is 0.462 e. The minimum atomic E-state index is -0.661. The van der Waals surface area contributed by atoms with E-state index in [4.69, 9.17) is 20.8 Å². The van der Waals surface area contributed by atoms with Gasteiger partial charge >= 0.3 is 5.97 Å². The SMILES string of the molecule is Cc1ccc(/C=C2\N=C(c3ccc(Cl)c([N+](=O)[O-])c3)OC2=O)o1. The second kappa shape index (κ2) is 5.69. The molecule has 1 aromatic heterocycles. The first-order chi connectivity index (χ1) is 10.9. The van der Waals surface area contributed by atoms with Gasteiger partial charge in [0.1, 0.15) is 16.5 Å². The van der Waals surface area contributed by atoms with Crippen LogP contribution in [0.4, 0.5) is 5.69 Å². The summed E-state index contributed by atoms with van der Waals surface area (Å²) in [6.07, 6.45) is 1.44. The maximum absolute atomic E-state index is 11.8. The summed E-state index contributed by atoms with van der Waals surface area (Å²) in [4.78, 5) is 26.2. The highest BCUT2D eigenvalue weighted by atomic mass is 35.5. The third kappa shape index (κ3) is 3.00. The van der Waals surface area contributed by atoms with E-state index >= 15 is 0 Å². The molecular weight excluding hydrogens is 324 g/mol. The minimum Gasteiger partial charge on any atom is -0.462 e. The fourth-order valence-electron chi connectivity index (χ4n) is 1.98. The van der Waals surface area contributed by atoms with Gasteiger partial charge in [-0.1, -0.05) is 11.6 Å². The third-order valence-corrected chi connectivity index (χ3v) is 3.37. The van der Waals surface area contributed by atoms with Crippen LogP contribution in [0.25, 0.3) is 6.08 Å². The van der Waals surface area contributed by atoms with E-state index in [9.17, 15) is 14.9 Å². The number of ether oxygens (including phenoxy) is 1. The quantitative estimate of drug-likeness (QED) is 0.371. The molecule has 116 valence electrons. The zero-order chi connectivity index (χ0) is 16.6. The molecule has 7 nitrogen and oxygen atoms in total. The van der Waals surface area contributed by atoms with Crippen molar-refractivity contribution in [2.45, 2.75) is 6.92 Å². The molecule has 0 fully saturated rings. The summed E-state index contributed by atoms with van der Waals surface area (Å²) in [6, 6.07) is 7.48. The van der Waals surface area contributed by atoms with Crippen LogP contribution in [0.3, 0.4) is 0 Å². The smallest absolute Gasteiger partial charge is 0.363 e. The van der Waals surface area contributed by atoms with Gasteiger partial charge in [0.15, 0.2) is 5.70 Å². The molecule has 1 aliphatic rings. The molecule has 0 spiro atoms. The first kappa shape index (κ1) is 15.0. The highest BCUT2D eigenvalue weighted by Gasteiger charge is 2.26. The molecule has 1 aliphatic heterocycles. The van der Waals surface area contributed by atoms with E-state index in [2.05, 4.69) is 4.99 Å². The van der Waals surface area contributed by atoms with Crippen LogP contribution in [0, 0.1) is 17.0 Å². The van der Waals surface area contributed by atoms with Gasteiger partial charge in [0.25, 0.3) is 5.69 Å². The van der Waals surface area contributed by atoms with E-state index in [0.29, 0.717) is 11.5 Å². The van der Waals surface area contributed by atoms with E-state index in [0.717, 1.165) is 0 Å². The van der Waals surface area contributed by atoms with Gasteiger partial charge in [0, 0.05) is 17.7 Å². The van der Waals surface area contributed by atoms with E-state index in [1.54, 1.807) is 19.1 Å². The van der Waals surface area contributed by atoms with Crippen molar-refractivity contribution in [3.05, 3.63) is 68.2 Å². The summed E-state index contributed by atoms with van der Waals surface area (Å²) in [5.74, 6) is 0.471. The van der Waals surface area contributed by atoms with Gasteiger partial charge < -0.3 is 9.15 Å². The molecule has 3 rings (SSSR count). The van der Waals surface area contributed by atoms with Crippen LogP contribution in [0.5, 0.6) is 0 Å². The van der Waals surface area contributed by atoms with Crippen molar-refractivity contribution >= 4 is 35.2 Å². The van der Waals surface area contributed by atoms with Gasteiger partial charge in [-0.2, -0.15) is 0 Å². The number of nitro groups is 1. The molecule has 0 saturated heterocycles. The highest BCUT2D eigenvalue weighted by molar-refractivity contribution is 6.32. The summed E-state index contributed by atoms with van der Waals surface area (Å²) < 4.78 is 10.4. The Balaban J connectivity index is 1.97. The number of nitrogens with zero attached hydrogens (tertiary/aromatic N) is 2. The molecule has 0 amide bonds. The van der Waals surface area contributed by atoms with Crippen molar-refractivity contribution in [2.75, 3.05) is 0 Å². The van der Waals surface area contributed by atoms with Crippen molar-refractivity contribution in [2.24, 2.45) is 4.99 Å². The molecule has 0 bridgehead atoms.